The smallest absolute Gasteiger partial charge is 0.128 e. The molecule has 0 aliphatic rings. The molecule has 1 atom stereocenters. The maximum atomic E-state index is 5.97. The number of pyridine rings is 1. The molecule has 0 aliphatic heterocycles. The number of nitrogens with one attached hydrogen (secondary N) is 1. The summed E-state index contributed by atoms with van der Waals surface area (Å²) in [5.74, 6) is 0.598. The van der Waals surface area contributed by atoms with Crippen molar-refractivity contribution in [1.82, 2.24) is 10.3 Å². The minimum atomic E-state index is 0.119. The minimum absolute atomic E-state index is 0.119. The van der Waals surface area contributed by atoms with Crippen molar-refractivity contribution in [3.63, 3.8) is 0 Å². The normalized spacial score (nSPS) is 12.6. The quantitative estimate of drug-likeness (QED) is 0.876. The van der Waals surface area contributed by atoms with E-state index in [1.54, 1.807) is 17.5 Å². The molecule has 0 saturated heterocycles. The van der Waals surface area contributed by atoms with Gasteiger partial charge in [-0.25, -0.2) is 4.98 Å². The summed E-state index contributed by atoms with van der Waals surface area (Å²) >= 11 is 1.71. The fourth-order valence-electron chi connectivity index (χ4n) is 1.98. The van der Waals surface area contributed by atoms with Crippen molar-refractivity contribution in [2.75, 3.05) is 12.8 Å². The Kier molecular flexibility index (Phi) is 3.45. The number of nitrogens with two attached hydrogens (primary N) is 1. The molecule has 17 heavy (non-hydrogen) atoms. The van der Waals surface area contributed by atoms with Crippen molar-refractivity contribution in [2.45, 2.75) is 19.9 Å². The van der Waals surface area contributed by atoms with Gasteiger partial charge in [-0.05, 0) is 54.4 Å². The van der Waals surface area contributed by atoms with E-state index in [0.29, 0.717) is 5.82 Å². The first-order chi connectivity index (χ1) is 8.13. The van der Waals surface area contributed by atoms with Crippen molar-refractivity contribution in [1.29, 1.82) is 0 Å². The highest BCUT2D eigenvalue weighted by molar-refractivity contribution is 7.08. The number of rotatable bonds is 3. The zero-order chi connectivity index (χ0) is 12.4. The maximum Gasteiger partial charge on any atom is 0.128 e. The molecule has 0 spiro atoms. The Balaban J connectivity index is 2.49. The van der Waals surface area contributed by atoms with Crippen LogP contribution in [0.1, 0.15) is 28.3 Å². The van der Waals surface area contributed by atoms with Crippen LogP contribution in [0.15, 0.2) is 23.0 Å². The third-order valence-corrected chi connectivity index (χ3v) is 3.77. The highest BCUT2D eigenvalue weighted by Gasteiger charge is 2.18. The number of hydrogen-bond acceptors (Lipinski definition) is 4. The second-order valence-electron chi connectivity index (χ2n) is 4.22. The number of aromatic nitrogens is 1. The first-order valence-corrected chi connectivity index (χ1v) is 6.49. The highest BCUT2D eigenvalue weighted by Crippen LogP contribution is 2.30. The molecule has 2 aromatic rings. The van der Waals surface area contributed by atoms with E-state index in [1.165, 1.54) is 11.1 Å². The second-order valence-corrected chi connectivity index (χ2v) is 4.96. The molecule has 2 heterocycles. The van der Waals surface area contributed by atoms with Crippen LogP contribution in [-0.2, 0) is 0 Å². The van der Waals surface area contributed by atoms with Crippen LogP contribution in [0.5, 0.6) is 0 Å². The molecule has 0 radical (unpaired) electrons. The van der Waals surface area contributed by atoms with Gasteiger partial charge in [-0.1, -0.05) is 0 Å². The van der Waals surface area contributed by atoms with E-state index >= 15 is 0 Å². The molecule has 0 fully saturated rings. The minimum Gasteiger partial charge on any atom is -0.383 e. The Bertz CT molecular complexity index is 519. The zero-order valence-corrected chi connectivity index (χ0v) is 11.1. The van der Waals surface area contributed by atoms with E-state index < -0.39 is 0 Å². The molecule has 2 aromatic heterocycles. The Labute approximate surface area is 106 Å². The molecular weight excluding hydrogens is 230 g/mol. The summed E-state index contributed by atoms with van der Waals surface area (Å²) in [5, 5.41) is 7.63. The monoisotopic (exact) mass is 247 g/mol. The zero-order valence-electron chi connectivity index (χ0n) is 10.3. The summed E-state index contributed by atoms with van der Waals surface area (Å²) in [6.07, 6.45) is 1.80. The van der Waals surface area contributed by atoms with E-state index in [4.69, 9.17) is 5.73 Å². The first-order valence-electron chi connectivity index (χ1n) is 5.55. The van der Waals surface area contributed by atoms with Crippen molar-refractivity contribution >= 4 is 17.2 Å². The second kappa shape index (κ2) is 4.85. The molecule has 0 aromatic carbocycles. The van der Waals surface area contributed by atoms with E-state index in [9.17, 15) is 0 Å². The molecule has 0 aliphatic carbocycles. The lowest BCUT2D eigenvalue weighted by atomic mass is 9.98. The van der Waals surface area contributed by atoms with Crippen LogP contribution in [0.4, 0.5) is 5.82 Å². The summed E-state index contributed by atoms with van der Waals surface area (Å²) in [4.78, 5) is 4.23. The number of anilines is 1. The van der Waals surface area contributed by atoms with Crippen LogP contribution in [0.25, 0.3) is 0 Å². The fraction of sp³-hybridized carbons (Fsp3) is 0.308. The number of aryl methyl sites for hydroxylation is 2. The maximum absolute atomic E-state index is 5.97. The van der Waals surface area contributed by atoms with Gasteiger partial charge in [-0.3, -0.25) is 0 Å². The van der Waals surface area contributed by atoms with Crippen LogP contribution >= 0.6 is 11.3 Å². The number of thiophene rings is 1. The van der Waals surface area contributed by atoms with Crippen LogP contribution in [0.2, 0.25) is 0 Å². The summed E-state index contributed by atoms with van der Waals surface area (Å²) in [5.41, 5.74) is 10.7. The Hall–Kier alpha value is -1.39. The van der Waals surface area contributed by atoms with Gasteiger partial charge in [-0.2, -0.15) is 11.3 Å². The molecule has 0 saturated carbocycles. The average molecular weight is 247 g/mol. The topological polar surface area (TPSA) is 50.9 Å². The SMILES string of the molecule is CNC(c1cscc1C)c1cc(C)cnc1N. The van der Waals surface area contributed by atoms with Crippen molar-refractivity contribution in [3.05, 3.63) is 45.3 Å². The summed E-state index contributed by atoms with van der Waals surface area (Å²) in [6, 6.07) is 2.22. The number of nitrogens with zero attached hydrogens (tertiary/aromatic N) is 1. The van der Waals surface area contributed by atoms with Gasteiger partial charge in [0.2, 0.25) is 0 Å². The van der Waals surface area contributed by atoms with Gasteiger partial charge in [0.15, 0.2) is 0 Å². The lowest BCUT2D eigenvalue weighted by Gasteiger charge is -2.18. The molecule has 2 rings (SSSR count). The third kappa shape index (κ3) is 2.33. The van der Waals surface area contributed by atoms with Crippen LogP contribution in [0.3, 0.4) is 0 Å². The van der Waals surface area contributed by atoms with Crippen LogP contribution < -0.4 is 11.1 Å². The van der Waals surface area contributed by atoms with Gasteiger partial charge < -0.3 is 11.1 Å². The van der Waals surface area contributed by atoms with Gasteiger partial charge in [0.05, 0.1) is 6.04 Å². The molecular formula is C13H17N3S. The van der Waals surface area contributed by atoms with Crippen molar-refractivity contribution in [2.24, 2.45) is 0 Å². The molecule has 3 nitrogen and oxygen atoms in total. The largest absolute Gasteiger partial charge is 0.383 e. The van der Waals surface area contributed by atoms with Gasteiger partial charge in [0.1, 0.15) is 5.82 Å². The lowest BCUT2D eigenvalue weighted by Crippen LogP contribution is -2.20. The third-order valence-electron chi connectivity index (χ3n) is 2.89. The molecule has 1 unspecified atom stereocenters. The van der Waals surface area contributed by atoms with E-state index in [-0.39, 0.29) is 6.04 Å². The predicted molar refractivity (Wildman–Crippen MR) is 73.3 cm³/mol. The molecule has 0 bridgehead atoms. The van der Waals surface area contributed by atoms with Gasteiger partial charge in [0.25, 0.3) is 0 Å². The summed E-state index contributed by atoms with van der Waals surface area (Å²) in [6.45, 7) is 4.15. The lowest BCUT2D eigenvalue weighted by molar-refractivity contribution is 0.689. The van der Waals surface area contributed by atoms with E-state index in [0.717, 1.165) is 11.1 Å². The first kappa shape index (κ1) is 12.1. The number of nitrogen functional groups attached to an aromatic ring is 1. The highest BCUT2D eigenvalue weighted by atomic mass is 32.1. The van der Waals surface area contributed by atoms with Crippen molar-refractivity contribution < 1.29 is 0 Å². The Morgan fingerprint density at radius 1 is 1.29 bits per heavy atom. The average Bonchev–Trinajstić information content (AvgIpc) is 2.71. The van der Waals surface area contributed by atoms with E-state index in [2.05, 4.69) is 34.1 Å². The standard InChI is InChI=1S/C13H17N3S/c1-8-4-10(13(14)16-5-8)12(15-3)11-7-17-6-9(11)2/h4-7,12,15H,1-3H3,(H2,14,16). The van der Waals surface area contributed by atoms with Crippen molar-refractivity contribution in [3.8, 4) is 0 Å². The van der Waals surface area contributed by atoms with Crippen LogP contribution in [-0.4, -0.2) is 12.0 Å². The van der Waals surface area contributed by atoms with Gasteiger partial charge in [-0.15, -0.1) is 0 Å². The molecule has 3 N–H and O–H groups in total. The number of hydrogen-bond donors (Lipinski definition) is 2. The summed E-state index contributed by atoms with van der Waals surface area (Å²) in [7, 11) is 1.95. The van der Waals surface area contributed by atoms with Gasteiger partial charge >= 0.3 is 0 Å². The molecule has 90 valence electrons. The Morgan fingerprint density at radius 3 is 2.65 bits per heavy atom. The summed E-state index contributed by atoms with van der Waals surface area (Å²) < 4.78 is 0. The Morgan fingerprint density at radius 2 is 2.06 bits per heavy atom. The molecule has 4 heteroatoms. The van der Waals surface area contributed by atoms with Crippen LogP contribution in [0, 0.1) is 13.8 Å². The molecule has 0 amide bonds. The predicted octanol–water partition coefficient (Wildman–Crippen LogP) is 2.65. The fourth-order valence-corrected chi connectivity index (χ4v) is 2.86. The van der Waals surface area contributed by atoms with E-state index in [1.807, 2.05) is 14.0 Å². The van der Waals surface area contributed by atoms with Gasteiger partial charge in [0, 0.05) is 11.8 Å².